The molecular formula is C48H108F3P3. The molecule has 336 valence electrons. The van der Waals surface area contributed by atoms with Crippen molar-refractivity contribution in [2.45, 2.75) is 237 Å². The fourth-order valence-electron chi connectivity index (χ4n) is 7.93. The molecule has 0 saturated carbocycles. The summed E-state index contributed by atoms with van der Waals surface area (Å²) in [6.45, 7) is 28.3. The van der Waals surface area contributed by atoms with Gasteiger partial charge in [0.1, 0.15) is 0 Å². The van der Waals surface area contributed by atoms with Crippen LogP contribution in [0.5, 0.6) is 0 Å². The first kappa shape index (κ1) is 66.9. The second-order valence-corrected chi connectivity index (χ2v) is 30.4. The molecule has 0 aliphatic heterocycles. The Labute approximate surface area is 345 Å². The minimum Gasteiger partial charge on any atom is -1.00 e. The first-order chi connectivity index (χ1) is 24.7. The lowest BCUT2D eigenvalue weighted by Crippen LogP contribution is -3.00. The molecule has 0 spiro atoms. The van der Waals surface area contributed by atoms with Gasteiger partial charge in [0.25, 0.3) is 0 Å². The van der Waals surface area contributed by atoms with E-state index in [2.05, 4.69) is 83.1 Å². The van der Waals surface area contributed by atoms with Crippen molar-refractivity contribution in [2.75, 3.05) is 73.9 Å². The van der Waals surface area contributed by atoms with Crippen LogP contribution in [0.2, 0.25) is 0 Å². The van der Waals surface area contributed by atoms with Crippen molar-refractivity contribution in [3.8, 4) is 0 Å². The van der Waals surface area contributed by atoms with Gasteiger partial charge in [-0.05, 0) is 77.0 Å². The lowest BCUT2D eigenvalue weighted by Gasteiger charge is -2.28. The van der Waals surface area contributed by atoms with Crippen molar-refractivity contribution in [1.29, 1.82) is 0 Å². The Balaban J connectivity index is -0.000000156. The van der Waals surface area contributed by atoms with Gasteiger partial charge < -0.3 is 14.1 Å². The smallest absolute Gasteiger partial charge is 0.0594 e. The fourth-order valence-corrected chi connectivity index (χ4v) is 23.8. The maximum absolute atomic E-state index is 2.36. The highest BCUT2D eigenvalue weighted by atomic mass is 31.2. The van der Waals surface area contributed by atoms with Gasteiger partial charge in [0.2, 0.25) is 0 Å². The van der Waals surface area contributed by atoms with Crippen LogP contribution in [0, 0.1) is 0 Å². The Bertz CT molecular complexity index is 451. The number of hydrogen-bond donors (Lipinski definition) is 0. The predicted molar refractivity (Wildman–Crippen MR) is 258 cm³/mol. The van der Waals surface area contributed by atoms with Gasteiger partial charge in [0.05, 0.1) is 73.9 Å². The molecule has 54 heavy (non-hydrogen) atoms. The zero-order chi connectivity index (χ0) is 39.0. The molecule has 0 unspecified atom stereocenters. The van der Waals surface area contributed by atoms with E-state index in [0.29, 0.717) is 0 Å². The summed E-state index contributed by atoms with van der Waals surface area (Å²) in [5.74, 6) is 0. The zero-order valence-electron chi connectivity index (χ0n) is 39.9. The molecule has 0 heterocycles. The van der Waals surface area contributed by atoms with Gasteiger partial charge in [-0.25, -0.2) is 0 Å². The lowest BCUT2D eigenvalue weighted by atomic mass is 10.4. The molecule has 0 rings (SSSR count). The Morgan fingerprint density at radius 2 is 0.241 bits per heavy atom. The van der Waals surface area contributed by atoms with Crippen molar-refractivity contribution in [3.05, 3.63) is 0 Å². The van der Waals surface area contributed by atoms with Gasteiger partial charge >= 0.3 is 0 Å². The van der Waals surface area contributed by atoms with E-state index in [1.807, 2.05) is 0 Å². The minimum atomic E-state index is -0.562. The van der Waals surface area contributed by atoms with E-state index < -0.39 is 21.8 Å². The van der Waals surface area contributed by atoms with Crippen LogP contribution in [-0.2, 0) is 0 Å². The molecule has 0 aliphatic rings. The van der Waals surface area contributed by atoms with E-state index in [1.54, 1.807) is 73.9 Å². The standard InChI is InChI=1S/3C16H36P.3FH/c3*1-5-9-13-17(14-10-6-2,15-11-7-3)16-12-8-4;;;/h3*5-16H2,1-4H3;3*1H/q3*+1;;;/p-3. The summed E-state index contributed by atoms with van der Waals surface area (Å²) in [5, 5.41) is 0. The Morgan fingerprint density at radius 3 is 0.296 bits per heavy atom. The molecule has 0 aliphatic carbocycles. The lowest BCUT2D eigenvalue weighted by molar-refractivity contribution is -0.001000. The van der Waals surface area contributed by atoms with Gasteiger partial charge in [-0.3, -0.25) is 0 Å². The fraction of sp³-hybridized carbons (Fsp3) is 1.00. The number of halogens is 3. The summed E-state index contributed by atoms with van der Waals surface area (Å²) in [5.41, 5.74) is 0. The van der Waals surface area contributed by atoms with Crippen LogP contribution >= 0.6 is 21.8 Å². The highest BCUT2D eigenvalue weighted by Crippen LogP contribution is 2.63. The molecular weight excluding hydrogens is 726 g/mol. The normalized spacial score (nSPS) is 11.3. The van der Waals surface area contributed by atoms with Gasteiger partial charge in [0, 0.05) is 21.8 Å². The molecule has 6 heteroatoms. The summed E-state index contributed by atoms with van der Waals surface area (Å²) in [6.07, 6.45) is 53.8. The minimum absolute atomic E-state index is 0. The average molecular weight is 835 g/mol. The van der Waals surface area contributed by atoms with E-state index in [4.69, 9.17) is 0 Å². The van der Waals surface area contributed by atoms with Crippen molar-refractivity contribution < 1.29 is 14.1 Å². The van der Waals surface area contributed by atoms with E-state index in [0.717, 1.165) is 0 Å². The monoisotopic (exact) mass is 835 g/mol. The van der Waals surface area contributed by atoms with Crippen LogP contribution in [0.25, 0.3) is 0 Å². The molecule has 0 aromatic rings. The molecule has 0 aromatic carbocycles. The van der Waals surface area contributed by atoms with Gasteiger partial charge in [-0.2, -0.15) is 0 Å². The summed E-state index contributed by atoms with van der Waals surface area (Å²) in [4.78, 5) is 0. The number of hydrogen-bond acceptors (Lipinski definition) is 0. The molecule has 0 nitrogen and oxygen atoms in total. The van der Waals surface area contributed by atoms with Gasteiger partial charge in [0.15, 0.2) is 0 Å². The molecule has 0 fully saturated rings. The van der Waals surface area contributed by atoms with Crippen LogP contribution in [0.4, 0.5) is 0 Å². The highest BCUT2D eigenvalue weighted by Gasteiger charge is 2.36. The number of unbranched alkanes of at least 4 members (excludes halogenated alkanes) is 12. The third-order valence-corrected chi connectivity index (χ3v) is 27.0. The van der Waals surface area contributed by atoms with E-state index >= 15 is 0 Å². The van der Waals surface area contributed by atoms with E-state index in [-0.39, 0.29) is 14.1 Å². The molecule has 0 bridgehead atoms. The van der Waals surface area contributed by atoms with Crippen LogP contribution in [0.15, 0.2) is 0 Å². The molecule has 0 atom stereocenters. The van der Waals surface area contributed by atoms with Gasteiger partial charge in [-0.1, -0.05) is 160 Å². The first-order valence-corrected chi connectivity index (χ1v) is 31.9. The van der Waals surface area contributed by atoms with Crippen molar-refractivity contribution in [1.82, 2.24) is 0 Å². The molecule has 0 aromatic heterocycles. The Hall–Kier alpha value is 1.08. The third kappa shape index (κ3) is 38.6. The number of rotatable bonds is 36. The molecule has 0 amide bonds. The molecule has 0 radical (unpaired) electrons. The van der Waals surface area contributed by atoms with E-state index in [1.165, 1.54) is 154 Å². The third-order valence-electron chi connectivity index (χ3n) is 11.8. The molecule has 0 N–H and O–H groups in total. The van der Waals surface area contributed by atoms with E-state index in [9.17, 15) is 0 Å². The average Bonchev–Trinajstić information content (AvgIpc) is 3.16. The van der Waals surface area contributed by atoms with Crippen molar-refractivity contribution >= 4 is 21.8 Å². The quantitative estimate of drug-likeness (QED) is 0.0552. The summed E-state index contributed by atoms with van der Waals surface area (Å²) in [7, 11) is -1.69. The highest BCUT2D eigenvalue weighted by molar-refractivity contribution is 7.76. The second kappa shape index (κ2) is 50.2. The van der Waals surface area contributed by atoms with Crippen LogP contribution in [0.1, 0.15) is 237 Å². The van der Waals surface area contributed by atoms with Gasteiger partial charge in [-0.15, -0.1) is 0 Å². The Kier molecular flexibility index (Phi) is 62.2. The maximum atomic E-state index is 2.36. The second-order valence-electron chi connectivity index (χ2n) is 17.0. The molecule has 0 saturated heterocycles. The zero-order valence-corrected chi connectivity index (χ0v) is 42.6. The van der Waals surface area contributed by atoms with Crippen LogP contribution in [0.3, 0.4) is 0 Å². The SMILES string of the molecule is CCCC[P+](CCCC)(CCCC)CCCC.CCCC[P+](CCCC)(CCCC)CCCC.CCCC[P+](CCCC)(CCCC)CCCC.[F-].[F-].[F-]. The van der Waals surface area contributed by atoms with Crippen molar-refractivity contribution in [3.63, 3.8) is 0 Å². The summed E-state index contributed by atoms with van der Waals surface area (Å²) >= 11 is 0. The van der Waals surface area contributed by atoms with Crippen LogP contribution in [-0.4, -0.2) is 73.9 Å². The van der Waals surface area contributed by atoms with Crippen LogP contribution < -0.4 is 14.1 Å². The van der Waals surface area contributed by atoms with Crippen molar-refractivity contribution in [2.24, 2.45) is 0 Å². The summed E-state index contributed by atoms with van der Waals surface area (Å²) in [6, 6.07) is 0. The summed E-state index contributed by atoms with van der Waals surface area (Å²) < 4.78 is 0. The topological polar surface area (TPSA) is 0 Å². The predicted octanol–water partition coefficient (Wildman–Crippen LogP) is 9.63. The maximum Gasteiger partial charge on any atom is 0.0594 e. The Morgan fingerprint density at radius 1 is 0.167 bits per heavy atom. The first-order valence-electron chi connectivity index (χ1n) is 24.3. The largest absolute Gasteiger partial charge is 1.00 e.